The second kappa shape index (κ2) is 4.55. The van der Waals surface area contributed by atoms with Gasteiger partial charge in [-0.1, -0.05) is 0 Å². The molecular formula is C11H16F3N3O. The van der Waals surface area contributed by atoms with E-state index in [0.29, 0.717) is 25.9 Å². The topological polar surface area (TPSA) is 50.1 Å². The molecular weight excluding hydrogens is 247 g/mol. The first kappa shape index (κ1) is 13.4. The zero-order valence-corrected chi connectivity index (χ0v) is 10.1. The normalized spacial score (nSPS) is 20.1. The van der Waals surface area contributed by atoms with Gasteiger partial charge in [0.05, 0.1) is 5.60 Å². The first-order chi connectivity index (χ1) is 8.30. The van der Waals surface area contributed by atoms with Crippen molar-refractivity contribution in [1.82, 2.24) is 15.1 Å². The van der Waals surface area contributed by atoms with Crippen molar-refractivity contribution < 1.29 is 18.3 Å². The van der Waals surface area contributed by atoms with Crippen molar-refractivity contribution in [2.45, 2.75) is 31.0 Å². The number of aryl methyl sites for hydroxylation is 1. The number of aromatic nitrogens is 2. The standard InChI is InChI=1S/C11H16F3N3O/c1-17-7-8(9(16-17)11(12,13)14)6-10(18)2-4-15-5-3-10/h7,15,18H,2-6H2,1H3. The second-order valence-electron chi connectivity index (χ2n) is 4.83. The quantitative estimate of drug-likeness (QED) is 0.840. The molecule has 7 heteroatoms. The van der Waals surface area contributed by atoms with Crippen LogP contribution in [-0.2, 0) is 19.6 Å². The van der Waals surface area contributed by atoms with Gasteiger partial charge in [-0.05, 0) is 25.9 Å². The first-order valence-corrected chi connectivity index (χ1v) is 5.83. The van der Waals surface area contributed by atoms with E-state index in [4.69, 9.17) is 0 Å². The summed E-state index contributed by atoms with van der Waals surface area (Å²) in [5.41, 5.74) is -1.89. The monoisotopic (exact) mass is 263 g/mol. The van der Waals surface area contributed by atoms with Crippen molar-refractivity contribution in [3.63, 3.8) is 0 Å². The van der Waals surface area contributed by atoms with Crippen molar-refractivity contribution in [2.75, 3.05) is 13.1 Å². The van der Waals surface area contributed by atoms with E-state index in [2.05, 4.69) is 10.4 Å². The zero-order valence-electron chi connectivity index (χ0n) is 10.1. The number of hydrogen-bond acceptors (Lipinski definition) is 3. The lowest BCUT2D eigenvalue weighted by Gasteiger charge is -2.32. The van der Waals surface area contributed by atoms with E-state index in [1.807, 2.05) is 0 Å². The van der Waals surface area contributed by atoms with Gasteiger partial charge in [-0.15, -0.1) is 0 Å². The molecule has 0 radical (unpaired) electrons. The Balaban J connectivity index is 2.23. The van der Waals surface area contributed by atoms with Gasteiger partial charge in [0, 0.05) is 25.2 Å². The van der Waals surface area contributed by atoms with Crippen LogP contribution in [0.4, 0.5) is 13.2 Å². The Kier molecular flexibility index (Phi) is 3.37. The number of alkyl halides is 3. The number of hydrogen-bond donors (Lipinski definition) is 2. The van der Waals surface area contributed by atoms with E-state index in [-0.39, 0.29) is 12.0 Å². The number of nitrogens with zero attached hydrogens (tertiary/aromatic N) is 2. The summed E-state index contributed by atoms with van der Waals surface area (Å²) < 4.78 is 39.5. The fraction of sp³-hybridized carbons (Fsp3) is 0.727. The molecule has 0 amide bonds. The Bertz CT molecular complexity index is 422. The fourth-order valence-electron chi connectivity index (χ4n) is 2.33. The minimum Gasteiger partial charge on any atom is -0.389 e. The Morgan fingerprint density at radius 1 is 1.44 bits per heavy atom. The van der Waals surface area contributed by atoms with Gasteiger partial charge in [-0.25, -0.2) is 0 Å². The summed E-state index contributed by atoms with van der Waals surface area (Å²) in [4.78, 5) is 0. The molecule has 2 heterocycles. The van der Waals surface area contributed by atoms with Gasteiger partial charge in [0.1, 0.15) is 0 Å². The number of halogens is 3. The van der Waals surface area contributed by atoms with Crippen molar-refractivity contribution in [1.29, 1.82) is 0 Å². The molecule has 0 aliphatic carbocycles. The van der Waals surface area contributed by atoms with Gasteiger partial charge in [0.2, 0.25) is 0 Å². The van der Waals surface area contributed by atoms with E-state index in [9.17, 15) is 18.3 Å². The molecule has 1 aliphatic rings. The van der Waals surface area contributed by atoms with Gasteiger partial charge < -0.3 is 10.4 Å². The molecule has 0 atom stereocenters. The highest BCUT2D eigenvalue weighted by molar-refractivity contribution is 5.22. The number of nitrogens with one attached hydrogen (secondary N) is 1. The average molecular weight is 263 g/mol. The highest BCUT2D eigenvalue weighted by Crippen LogP contribution is 2.33. The summed E-state index contributed by atoms with van der Waals surface area (Å²) in [5.74, 6) is 0. The Morgan fingerprint density at radius 3 is 2.61 bits per heavy atom. The van der Waals surface area contributed by atoms with Crippen LogP contribution in [0.15, 0.2) is 6.20 Å². The maximum absolute atomic E-state index is 12.8. The largest absolute Gasteiger partial charge is 0.435 e. The molecule has 1 saturated heterocycles. The fourth-order valence-corrected chi connectivity index (χ4v) is 2.33. The van der Waals surface area contributed by atoms with Crippen molar-refractivity contribution in [3.05, 3.63) is 17.5 Å². The molecule has 0 saturated carbocycles. The van der Waals surface area contributed by atoms with E-state index < -0.39 is 17.5 Å². The summed E-state index contributed by atoms with van der Waals surface area (Å²) in [5, 5.41) is 16.8. The second-order valence-corrected chi connectivity index (χ2v) is 4.83. The maximum atomic E-state index is 12.8. The van der Waals surface area contributed by atoms with Crippen molar-refractivity contribution in [3.8, 4) is 0 Å². The van der Waals surface area contributed by atoms with Gasteiger partial charge in [0.15, 0.2) is 5.69 Å². The molecule has 4 nitrogen and oxygen atoms in total. The SMILES string of the molecule is Cn1cc(CC2(O)CCNCC2)c(C(F)(F)F)n1. The lowest BCUT2D eigenvalue weighted by molar-refractivity contribution is -0.142. The predicted octanol–water partition coefficient (Wildman–Crippen LogP) is 1.10. The van der Waals surface area contributed by atoms with E-state index >= 15 is 0 Å². The molecule has 2 N–H and O–H groups in total. The Hall–Kier alpha value is -1.08. The van der Waals surface area contributed by atoms with Crippen LogP contribution in [0.1, 0.15) is 24.1 Å². The van der Waals surface area contributed by atoms with E-state index in [1.54, 1.807) is 0 Å². The molecule has 102 valence electrons. The lowest BCUT2D eigenvalue weighted by Crippen LogP contribution is -2.43. The summed E-state index contributed by atoms with van der Waals surface area (Å²) in [6, 6.07) is 0. The first-order valence-electron chi connectivity index (χ1n) is 5.83. The van der Waals surface area contributed by atoms with Crippen LogP contribution in [0.3, 0.4) is 0 Å². The third kappa shape index (κ3) is 2.84. The predicted molar refractivity (Wildman–Crippen MR) is 59.0 cm³/mol. The molecule has 2 rings (SSSR count). The lowest BCUT2D eigenvalue weighted by atomic mass is 9.86. The Labute approximate surface area is 103 Å². The zero-order chi connectivity index (χ0) is 13.4. The van der Waals surface area contributed by atoms with Crippen LogP contribution >= 0.6 is 0 Å². The molecule has 1 aliphatic heterocycles. The van der Waals surface area contributed by atoms with Crippen LogP contribution in [0.25, 0.3) is 0 Å². The van der Waals surface area contributed by atoms with Gasteiger partial charge in [0.25, 0.3) is 0 Å². The number of piperidine rings is 1. The highest BCUT2D eigenvalue weighted by Gasteiger charge is 2.39. The average Bonchev–Trinajstić information content (AvgIpc) is 2.59. The minimum absolute atomic E-state index is 0.00262. The van der Waals surface area contributed by atoms with Crippen LogP contribution < -0.4 is 5.32 Å². The smallest absolute Gasteiger partial charge is 0.389 e. The van der Waals surface area contributed by atoms with E-state index in [0.717, 1.165) is 4.68 Å². The number of rotatable bonds is 2. The maximum Gasteiger partial charge on any atom is 0.435 e. The molecule has 0 spiro atoms. The third-order valence-corrected chi connectivity index (χ3v) is 3.23. The third-order valence-electron chi connectivity index (χ3n) is 3.23. The molecule has 0 bridgehead atoms. The van der Waals surface area contributed by atoms with Crippen molar-refractivity contribution in [2.24, 2.45) is 7.05 Å². The van der Waals surface area contributed by atoms with Gasteiger partial charge in [-0.3, -0.25) is 4.68 Å². The van der Waals surface area contributed by atoms with Crippen LogP contribution in [0.2, 0.25) is 0 Å². The summed E-state index contributed by atoms with van der Waals surface area (Å²) in [6.07, 6.45) is -2.22. The molecule has 18 heavy (non-hydrogen) atoms. The Morgan fingerprint density at radius 2 is 2.06 bits per heavy atom. The molecule has 1 aromatic rings. The highest BCUT2D eigenvalue weighted by atomic mass is 19.4. The molecule has 0 aromatic carbocycles. The van der Waals surface area contributed by atoms with Gasteiger partial charge in [-0.2, -0.15) is 18.3 Å². The summed E-state index contributed by atoms with van der Waals surface area (Å²) >= 11 is 0. The van der Waals surface area contributed by atoms with Crippen LogP contribution in [-0.4, -0.2) is 33.6 Å². The van der Waals surface area contributed by atoms with Gasteiger partial charge >= 0.3 is 6.18 Å². The van der Waals surface area contributed by atoms with E-state index in [1.165, 1.54) is 13.2 Å². The molecule has 1 fully saturated rings. The molecule has 1 aromatic heterocycles. The van der Waals surface area contributed by atoms with Crippen LogP contribution in [0, 0.1) is 0 Å². The van der Waals surface area contributed by atoms with Crippen LogP contribution in [0.5, 0.6) is 0 Å². The molecule has 0 unspecified atom stereocenters. The summed E-state index contributed by atoms with van der Waals surface area (Å²) in [7, 11) is 1.45. The van der Waals surface area contributed by atoms with Crippen molar-refractivity contribution >= 4 is 0 Å². The minimum atomic E-state index is -4.47. The number of aliphatic hydroxyl groups is 1. The summed E-state index contributed by atoms with van der Waals surface area (Å²) in [6.45, 7) is 1.25.